The molecule has 0 N–H and O–H groups in total. The minimum Gasteiger partial charge on any atom is -0.368 e. The van der Waals surface area contributed by atoms with Crippen molar-refractivity contribution < 1.29 is 18.3 Å². The molecule has 1 aliphatic heterocycles. The van der Waals surface area contributed by atoms with Gasteiger partial charge in [-0.1, -0.05) is 13.0 Å². The van der Waals surface area contributed by atoms with Gasteiger partial charge >= 0.3 is 0 Å². The van der Waals surface area contributed by atoms with Crippen molar-refractivity contribution in [2.24, 2.45) is 5.92 Å². The number of rotatable bonds is 4. The number of carbonyl (C=O) groups excluding carboxylic acids is 1. The van der Waals surface area contributed by atoms with E-state index in [1.54, 1.807) is 24.4 Å². The molecule has 2 aromatic rings. The fourth-order valence-corrected chi connectivity index (χ4v) is 2.80. The lowest BCUT2D eigenvalue weighted by Crippen LogP contribution is -2.41. The van der Waals surface area contributed by atoms with Gasteiger partial charge in [0.25, 0.3) is 5.91 Å². The summed E-state index contributed by atoms with van der Waals surface area (Å²) in [4.78, 5) is 18.4. The Morgan fingerprint density at radius 1 is 1.33 bits per heavy atom. The highest BCUT2D eigenvalue weighted by molar-refractivity contribution is 5.96. The summed E-state index contributed by atoms with van der Waals surface area (Å²) in [6, 6.07) is 8.48. The van der Waals surface area contributed by atoms with E-state index in [1.165, 1.54) is 11.0 Å². The van der Waals surface area contributed by atoms with Gasteiger partial charge in [-0.2, -0.15) is 0 Å². The molecule has 4 nitrogen and oxygen atoms in total. The second-order valence-corrected chi connectivity index (χ2v) is 5.90. The van der Waals surface area contributed by atoms with Crippen LogP contribution in [0.2, 0.25) is 0 Å². The summed E-state index contributed by atoms with van der Waals surface area (Å²) in [5.74, 6) is -1.76. The van der Waals surface area contributed by atoms with Crippen LogP contribution in [-0.4, -0.2) is 23.6 Å². The molecule has 0 spiro atoms. The molecule has 1 aliphatic rings. The van der Waals surface area contributed by atoms with Crippen molar-refractivity contribution in [2.45, 2.75) is 26.0 Å². The van der Waals surface area contributed by atoms with Crippen LogP contribution >= 0.6 is 0 Å². The van der Waals surface area contributed by atoms with E-state index in [1.807, 2.05) is 6.92 Å². The largest absolute Gasteiger partial charge is 0.368 e. The van der Waals surface area contributed by atoms with Crippen molar-refractivity contribution in [3.63, 3.8) is 0 Å². The third kappa shape index (κ3) is 3.43. The molecule has 2 atom stereocenters. The highest BCUT2D eigenvalue weighted by Crippen LogP contribution is 2.28. The number of benzene rings is 1. The first-order valence-electron chi connectivity index (χ1n) is 7.84. The lowest BCUT2D eigenvalue weighted by Gasteiger charge is -2.27. The van der Waals surface area contributed by atoms with E-state index in [-0.39, 0.29) is 24.1 Å². The van der Waals surface area contributed by atoms with Gasteiger partial charge in [-0.05, 0) is 36.6 Å². The van der Waals surface area contributed by atoms with E-state index < -0.39 is 17.7 Å². The molecule has 1 aromatic carbocycles. The molecule has 0 bridgehead atoms. The molecule has 1 aromatic heterocycles. The van der Waals surface area contributed by atoms with Crippen LogP contribution in [-0.2, 0) is 16.1 Å². The average Bonchev–Trinajstić information content (AvgIpc) is 3.00. The van der Waals surface area contributed by atoms with Gasteiger partial charge in [0, 0.05) is 18.9 Å². The molecule has 1 amide bonds. The Labute approximate surface area is 139 Å². The van der Waals surface area contributed by atoms with Crippen LogP contribution in [0.3, 0.4) is 0 Å². The number of amides is 1. The van der Waals surface area contributed by atoms with Crippen molar-refractivity contribution in [3.05, 3.63) is 59.9 Å². The second kappa shape index (κ2) is 7.05. The summed E-state index contributed by atoms with van der Waals surface area (Å²) in [5.41, 5.74) is 0.634. The SMILES string of the molecule is CC1CCOC1C(=O)N(Cc1ccccn1)c1ccc(F)cc1F. The molecular weight excluding hydrogens is 314 g/mol. The van der Waals surface area contributed by atoms with Crippen LogP contribution in [0.15, 0.2) is 42.6 Å². The van der Waals surface area contributed by atoms with Gasteiger partial charge < -0.3 is 9.64 Å². The van der Waals surface area contributed by atoms with Gasteiger partial charge in [0.2, 0.25) is 0 Å². The van der Waals surface area contributed by atoms with Crippen LogP contribution in [0.4, 0.5) is 14.5 Å². The van der Waals surface area contributed by atoms with E-state index in [9.17, 15) is 13.6 Å². The number of halogens is 2. The molecule has 0 saturated carbocycles. The first kappa shape index (κ1) is 16.5. The van der Waals surface area contributed by atoms with Crippen LogP contribution in [0.25, 0.3) is 0 Å². The number of carbonyl (C=O) groups is 1. The summed E-state index contributed by atoms with van der Waals surface area (Å²) in [7, 11) is 0. The summed E-state index contributed by atoms with van der Waals surface area (Å²) >= 11 is 0. The molecule has 2 unspecified atom stereocenters. The Bertz CT molecular complexity index is 724. The van der Waals surface area contributed by atoms with E-state index in [2.05, 4.69) is 4.98 Å². The summed E-state index contributed by atoms with van der Waals surface area (Å²) in [6.45, 7) is 2.52. The number of hydrogen-bond donors (Lipinski definition) is 0. The maximum atomic E-state index is 14.3. The zero-order valence-corrected chi connectivity index (χ0v) is 13.3. The first-order chi connectivity index (χ1) is 11.6. The maximum Gasteiger partial charge on any atom is 0.256 e. The molecule has 2 heterocycles. The van der Waals surface area contributed by atoms with E-state index in [0.29, 0.717) is 12.3 Å². The Balaban J connectivity index is 1.95. The monoisotopic (exact) mass is 332 g/mol. The molecular formula is C18H18F2N2O2. The fourth-order valence-electron chi connectivity index (χ4n) is 2.80. The highest BCUT2D eigenvalue weighted by Gasteiger charge is 2.35. The minimum atomic E-state index is -0.787. The number of hydrogen-bond acceptors (Lipinski definition) is 3. The Hall–Kier alpha value is -2.34. The molecule has 0 radical (unpaired) electrons. The van der Waals surface area contributed by atoms with Crippen molar-refractivity contribution in [3.8, 4) is 0 Å². The normalized spacial score (nSPS) is 20.1. The Morgan fingerprint density at radius 3 is 2.79 bits per heavy atom. The van der Waals surface area contributed by atoms with Crippen molar-refractivity contribution >= 4 is 11.6 Å². The maximum absolute atomic E-state index is 14.3. The smallest absolute Gasteiger partial charge is 0.256 e. The molecule has 3 rings (SSSR count). The van der Waals surface area contributed by atoms with Crippen LogP contribution in [0.5, 0.6) is 0 Å². The summed E-state index contributed by atoms with van der Waals surface area (Å²) < 4.78 is 33.0. The minimum absolute atomic E-state index is 0.0229. The molecule has 1 saturated heterocycles. The van der Waals surface area contributed by atoms with Gasteiger partial charge in [-0.3, -0.25) is 9.78 Å². The quantitative estimate of drug-likeness (QED) is 0.862. The molecule has 6 heteroatoms. The van der Waals surface area contributed by atoms with Crippen LogP contribution < -0.4 is 4.90 Å². The standard InChI is InChI=1S/C18H18F2N2O2/c1-12-7-9-24-17(12)18(23)22(11-14-4-2-3-8-21-14)16-6-5-13(19)10-15(16)20/h2-6,8,10,12,17H,7,9,11H2,1H3. The number of nitrogens with zero attached hydrogens (tertiary/aromatic N) is 2. The van der Waals surface area contributed by atoms with Crippen molar-refractivity contribution in [1.82, 2.24) is 4.98 Å². The lowest BCUT2D eigenvalue weighted by atomic mass is 10.0. The number of aromatic nitrogens is 1. The van der Waals surface area contributed by atoms with E-state index in [4.69, 9.17) is 4.74 Å². The van der Waals surface area contributed by atoms with Crippen molar-refractivity contribution in [1.29, 1.82) is 0 Å². The van der Waals surface area contributed by atoms with Gasteiger partial charge in [-0.25, -0.2) is 8.78 Å². The van der Waals surface area contributed by atoms with Gasteiger partial charge in [-0.15, -0.1) is 0 Å². The van der Waals surface area contributed by atoms with E-state index in [0.717, 1.165) is 18.6 Å². The van der Waals surface area contributed by atoms with Crippen LogP contribution in [0, 0.1) is 17.6 Å². The predicted octanol–water partition coefficient (Wildman–Crippen LogP) is 3.32. The molecule has 1 fully saturated rings. The van der Waals surface area contributed by atoms with Gasteiger partial charge in [0.1, 0.15) is 17.7 Å². The highest BCUT2D eigenvalue weighted by atomic mass is 19.1. The molecule has 0 aliphatic carbocycles. The van der Waals surface area contributed by atoms with Gasteiger partial charge in [0.15, 0.2) is 0 Å². The molecule has 24 heavy (non-hydrogen) atoms. The topological polar surface area (TPSA) is 42.4 Å². The average molecular weight is 332 g/mol. The number of anilines is 1. The zero-order chi connectivity index (χ0) is 17.1. The third-order valence-corrected chi connectivity index (χ3v) is 4.14. The second-order valence-electron chi connectivity index (χ2n) is 5.90. The number of pyridine rings is 1. The first-order valence-corrected chi connectivity index (χ1v) is 7.84. The van der Waals surface area contributed by atoms with Gasteiger partial charge in [0.05, 0.1) is 17.9 Å². The third-order valence-electron chi connectivity index (χ3n) is 4.14. The van der Waals surface area contributed by atoms with E-state index >= 15 is 0 Å². The summed E-state index contributed by atoms with van der Waals surface area (Å²) in [6.07, 6.45) is 1.76. The fraction of sp³-hybridized carbons (Fsp3) is 0.333. The van der Waals surface area contributed by atoms with Crippen molar-refractivity contribution in [2.75, 3.05) is 11.5 Å². The Morgan fingerprint density at radius 2 is 2.17 bits per heavy atom. The number of ether oxygens (including phenoxy) is 1. The lowest BCUT2D eigenvalue weighted by molar-refractivity contribution is -0.128. The Kier molecular flexibility index (Phi) is 4.85. The summed E-state index contributed by atoms with van der Waals surface area (Å²) in [5, 5.41) is 0. The zero-order valence-electron chi connectivity index (χ0n) is 13.3. The predicted molar refractivity (Wildman–Crippen MR) is 85.3 cm³/mol. The van der Waals surface area contributed by atoms with Crippen LogP contribution in [0.1, 0.15) is 19.0 Å². The molecule has 126 valence electrons.